The lowest BCUT2D eigenvalue weighted by Gasteiger charge is -2.12. The summed E-state index contributed by atoms with van der Waals surface area (Å²) in [5.74, 6) is -1.32. The summed E-state index contributed by atoms with van der Waals surface area (Å²) in [7, 11) is 0. The van der Waals surface area contributed by atoms with Gasteiger partial charge in [-0.2, -0.15) is 12.6 Å². The first-order valence-electron chi connectivity index (χ1n) is 6.81. The van der Waals surface area contributed by atoms with E-state index in [1.165, 1.54) is 11.3 Å². The van der Waals surface area contributed by atoms with Gasteiger partial charge >= 0.3 is 11.9 Å². The summed E-state index contributed by atoms with van der Waals surface area (Å²) in [5.41, 5.74) is 6.70. The standard InChI is InChI=1S/C16H17NO3S2/c17-12(9-11-5-2-1-3-6-11)16(19)20-15(18)10-13(21)14-7-4-8-22-14/h1-8,12-13,21H,9-10,17H2/t12-,13?/m0/s1. The van der Waals surface area contributed by atoms with E-state index in [2.05, 4.69) is 12.6 Å². The van der Waals surface area contributed by atoms with Crippen LogP contribution in [0.3, 0.4) is 0 Å². The maximum absolute atomic E-state index is 11.8. The lowest BCUT2D eigenvalue weighted by atomic mass is 10.1. The van der Waals surface area contributed by atoms with Crippen molar-refractivity contribution in [2.24, 2.45) is 5.73 Å². The number of carbonyl (C=O) groups excluding carboxylic acids is 2. The van der Waals surface area contributed by atoms with Crippen LogP contribution in [0.1, 0.15) is 22.1 Å². The van der Waals surface area contributed by atoms with Gasteiger partial charge in [-0.25, -0.2) is 4.79 Å². The number of thiol groups is 1. The van der Waals surface area contributed by atoms with Crippen molar-refractivity contribution in [3.63, 3.8) is 0 Å². The summed E-state index contributed by atoms with van der Waals surface area (Å²) in [5, 5.41) is 1.64. The highest BCUT2D eigenvalue weighted by Crippen LogP contribution is 2.27. The van der Waals surface area contributed by atoms with Crippen molar-refractivity contribution >= 4 is 35.9 Å². The van der Waals surface area contributed by atoms with E-state index in [4.69, 9.17) is 10.5 Å². The Balaban J connectivity index is 1.82. The van der Waals surface area contributed by atoms with Crippen molar-refractivity contribution in [2.75, 3.05) is 0 Å². The van der Waals surface area contributed by atoms with Crippen LogP contribution in [0.5, 0.6) is 0 Å². The Labute approximate surface area is 138 Å². The maximum atomic E-state index is 11.8. The summed E-state index contributed by atoms with van der Waals surface area (Å²) < 4.78 is 4.81. The molecule has 0 bridgehead atoms. The third-order valence-electron chi connectivity index (χ3n) is 3.05. The smallest absolute Gasteiger partial charge is 0.330 e. The highest BCUT2D eigenvalue weighted by Gasteiger charge is 2.21. The molecule has 0 fully saturated rings. The lowest BCUT2D eigenvalue weighted by molar-refractivity contribution is -0.160. The van der Waals surface area contributed by atoms with E-state index in [-0.39, 0.29) is 11.7 Å². The highest BCUT2D eigenvalue weighted by atomic mass is 32.1. The van der Waals surface area contributed by atoms with Gasteiger partial charge in [0.2, 0.25) is 0 Å². The van der Waals surface area contributed by atoms with Gasteiger partial charge in [0, 0.05) is 10.1 Å². The summed E-state index contributed by atoms with van der Waals surface area (Å²) in [6.07, 6.45) is 0.371. The minimum Gasteiger partial charge on any atom is -0.392 e. The van der Waals surface area contributed by atoms with Crippen LogP contribution in [-0.2, 0) is 20.7 Å². The third kappa shape index (κ3) is 4.98. The Hall–Kier alpha value is -1.63. The maximum Gasteiger partial charge on any atom is 0.330 e. The highest BCUT2D eigenvalue weighted by molar-refractivity contribution is 7.80. The molecule has 1 aromatic heterocycles. The molecule has 2 atom stereocenters. The third-order valence-corrected chi connectivity index (χ3v) is 4.67. The average molecular weight is 335 g/mol. The van der Waals surface area contributed by atoms with Gasteiger partial charge in [-0.1, -0.05) is 36.4 Å². The molecule has 0 radical (unpaired) electrons. The molecule has 0 aliphatic heterocycles. The number of esters is 2. The van der Waals surface area contributed by atoms with E-state index < -0.39 is 18.0 Å². The van der Waals surface area contributed by atoms with Crippen molar-refractivity contribution in [3.8, 4) is 0 Å². The van der Waals surface area contributed by atoms with Gasteiger partial charge in [0.1, 0.15) is 6.04 Å². The molecule has 4 nitrogen and oxygen atoms in total. The fourth-order valence-electron chi connectivity index (χ4n) is 1.92. The lowest BCUT2D eigenvalue weighted by Crippen LogP contribution is -2.35. The monoisotopic (exact) mass is 335 g/mol. The van der Waals surface area contributed by atoms with Crippen molar-refractivity contribution in [1.82, 2.24) is 0 Å². The van der Waals surface area contributed by atoms with Crippen LogP contribution in [0.2, 0.25) is 0 Å². The second-order valence-electron chi connectivity index (χ2n) is 4.82. The number of nitrogens with two attached hydrogens (primary N) is 1. The number of ether oxygens (including phenoxy) is 1. The number of rotatable bonds is 6. The van der Waals surface area contributed by atoms with Crippen molar-refractivity contribution in [3.05, 3.63) is 58.3 Å². The van der Waals surface area contributed by atoms with Crippen LogP contribution in [0.15, 0.2) is 47.8 Å². The molecule has 1 heterocycles. The molecule has 22 heavy (non-hydrogen) atoms. The van der Waals surface area contributed by atoms with Gasteiger partial charge < -0.3 is 10.5 Å². The Morgan fingerprint density at radius 3 is 2.55 bits per heavy atom. The van der Waals surface area contributed by atoms with E-state index in [9.17, 15) is 9.59 Å². The van der Waals surface area contributed by atoms with Crippen LogP contribution in [0.25, 0.3) is 0 Å². The van der Waals surface area contributed by atoms with Crippen molar-refractivity contribution in [2.45, 2.75) is 24.1 Å². The predicted molar refractivity (Wildman–Crippen MR) is 89.9 cm³/mol. The molecule has 0 aliphatic rings. The Morgan fingerprint density at radius 2 is 1.91 bits per heavy atom. The van der Waals surface area contributed by atoms with Crippen LogP contribution >= 0.6 is 24.0 Å². The average Bonchev–Trinajstić information content (AvgIpc) is 3.02. The van der Waals surface area contributed by atoms with E-state index in [0.29, 0.717) is 6.42 Å². The van der Waals surface area contributed by atoms with E-state index >= 15 is 0 Å². The Bertz CT molecular complexity index is 614. The normalized spacial score (nSPS) is 13.4. The second-order valence-corrected chi connectivity index (χ2v) is 6.43. The number of hydrogen-bond acceptors (Lipinski definition) is 6. The van der Waals surface area contributed by atoms with Gasteiger partial charge in [0.15, 0.2) is 0 Å². The van der Waals surface area contributed by atoms with Gasteiger partial charge in [-0.3, -0.25) is 4.79 Å². The molecule has 0 spiro atoms. The molecule has 2 N–H and O–H groups in total. The minimum atomic E-state index is -0.855. The van der Waals surface area contributed by atoms with Crippen LogP contribution in [-0.4, -0.2) is 18.0 Å². The molecule has 116 valence electrons. The topological polar surface area (TPSA) is 69.4 Å². The summed E-state index contributed by atoms with van der Waals surface area (Å²) >= 11 is 5.85. The van der Waals surface area contributed by atoms with Crippen LogP contribution in [0.4, 0.5) is 0 Å². The zero-order valence-corrected chi connectivity index (χ0v) is 13.6. The van der Waals surface area contributed by atoms with Gasteiger partial charge in [-0.05, 0) is 23.4 Å². The Morgan fingerprint density at radius 1 is 1.18 bits per heavy atom. The number of thiophene rings is 1. The zero-order chi connectivity index (χ0) is 15.9. The SMILES string of the molecule is N[C@@H](Cc1ccccc1)C(=O)OC(=O)CC(S)c1cccs1. The minimum absolute atomic E-state index is 0.0351. The van der Waals surface area contributed by atoms with Crippen molar-refractivity contribution in [1.29, 1.82) is 0 Å². The summed E-state index contributed by atoms with van der Waals surface area (Å²) in [6, 6.07) is 12.3. The molecule has 0 aliphatic carbocycles. The number of benzene rings is 1. The zero-order valence-electron chi connectivity index (χ0n) is 11.8. The quantitative estimate of drug-likeness (QED) is 0.484. The molecule has 2 rings (SSSR count). The molecular weight excluding hydrogens is 318 g/mol. The van der Waals surface area contributed by atoms with Crippen LogP contribution < -0.4 is 5.73 Å². The number of hydrogen-bond donors (Lipinski definition) is 2. The second kappa shape index (κ2) is 8.12. The van der Waals surface area contributed by atoms with Gasteiger partial charge in [0.25, 0.3) is 0 Å². The fraction of sp³-hybridized carbons (Fsp3) is 0.250. The molecule has 6 heteroatoms. The summed E-state index contributed by atoms with van der Waals surface area (Å²) in [6.45, 7) is 0. The predicted octanol–water partition coefficient (Wildman–Crippen LogP) is 2.75. The fourth-order valence-corrected chi connectivity index (χ4v) is 3.05. The van der Waals surface area contributed by atoms with E-state index in [1.807, 2.05) is 47.8 Å². The number of carbonyl (C=O) groups is 2. The Kier molecular flexibility index (Phi) is 6.18. The molecular formula is C16H17NO3S2. The first kappa shape index (κ1) is 16.7. The van der Waals surface area contributed by atoms with Crippen molar-refractivity contribution < 1.29 is 14.3 Å². The van der Waals surface area contributed by atoms with E-state index in [1.54, 1.807) is 0 Å². The van der Waals surface area contributed by atoms with Gasteiger partial charge in [0.05, 0.1) is 6.42 Å². The summed E-state index contributed by atoms with van der Waals surface area (Å²) in [4.78, 5) is 24.6. The largest absolute Gasteiger partial charge is 0.392 e. The molecule has 1 aromatic carbocycles. The first-order valence-corrected chi connectivity index (χ1v) is 8.21. The first-order chi connectivity index (χ1) is 10.6. The molecule has 2 aromatic rings. The molecule has 1 unspecified atom stereocenters. The van der Waals surface area contributed by atoms with Gasteiger partial charge in [-0.15, -0.1) is 11.3 Å². The molecule has 0 saturated heterocycles. The molecule has 0 saturated carbocycles. The molecule has 0 amide bonds. The van der Waals surface area contributed by atoms with Crippen LogP contribution in [0, 0.1) is 0 Å². The van der Waals surface area contributed by atoms with E-state index in [0.717, 1.165) is 10.4 Å².